The number of halogens is 2. The largest absolute Gasteiger partial charge is 0.346 e. The maximum Gasteiger partial charge on any atom is 0.253 e. The Kier molecular flexibility index (Phi) is 6.26. The average molecular weight is 438 g/mol. The number of imidazole rings is 1. The smallest absolute Gasteiger partial charge is 0.253 e. The van der Waals surface area contributed by atoms with Crippen molar-refractivity contribution in [2.24, 2.45) is 7.05 Å². The molecule has 1 amide bonds. The van der Waals surface area contributed by atoms with E-state index in [1.807, 2.05) is 7.05 Å². The molecular formula is C18H17ClFN5O3S. The lowest BCUT2D eigenvalue weighted by atomic mass is 10.2. The second-order valence-electron chi connectivity index (χ2n) is 6.15. The fraction of sp³-hybridized carbons (Fsp3) is 0.167. The van der Waals surface area contributed by atoms with E-state index in [4.69, 9.17) is 11.6 Å². The van der Waals surface area contributed by atoms with Crippen molar-refractivity contribution < 1.29 is 17.6 Å². The molecule has 0 radical (unpaired) electrons. The van der Waals surface area contributed by atoms with Crippen LogP contribution in [0.25, 0.3) is 0 Å². The molecule has 0 aliphatic carbocycles. The van der Waals surface area contributed by atoms with Crippen molar-refractivity contribution in [3.8, 4) is 0 Å². The Morgan fingerprint density at radius 2 is 1.97 bits per heavy atom. The molecule has 2 aromatic heterocycles. The highest BCUT2D eigenvalue weighted by molar-refractivity contribution is 7.89. The molecule has 0 saturated heterocycles. The molecule has 0 aliphatic rings. The number of benzene rings is 1. The first-order valence-electron chi connectivity index (χ1n) is 8.39. The number of nitrogens with one attached hydrogen (secondary N) is 2. The molecule has 0 saturated carbocycles. The van der Waals surface area contributed by atoms with E-state index in [2.05, 4.69) is 20.0 Å². The van der Waals surface area contributed by atoms with Crippen LogP contribution in [0.2, 0.25) is 5.02 Å². The Balaban J connectivity index is 1.58. The van der Waals surface area contributed by atoms with E-state index in [1.165, 1.54) is 12.3 Å². The van der Waals surface area contributed by atoms with Crippen LogP contribution < -0.4 is 10.0 Å². The van der Waals surface area contributed by atoms with Crippen molar-refractivity contribution in [2.75, 3.05) is 0 Å². The molecule has 0 aliphatic heterocycles. The number of hydrogen-bond acceptors (Lipinski definition) is 5. The number of sulfonamides is 1. The summed E-state index contributed by atoms with van der Waals surface area (Å²) in [4.78, 5) is 20.2. The van der Waals surface area contributed by atoms with Gasteiger partial charge in [-0.1, -0.05) is 11.6 Å². The Morgan fingerprint density at radius 1 is 1.17 bits per heavy atom. The first-order valence-corrected chi connectivity index (χ1v) is 10.3. The third-order valence-corrected chi connectivity index (χ3v) is 5.61. The van der Waals surface area contributed by atoms with Gasteiger partial charge in [-0.3, -0.25) is 9.78 Å². The summed E-state index contributed by atoms with van der Waals surface area (Å²) in [6, 6.07) is 6.20. The summed E-state index contributed by atoms with van der Waals surface area (Å²) in [5.41, 5.74) is 1.46. The zero-order chi connectivity index (χ0) is 21.0. The maximum atomic E-state index is 13.2. The molecule has 0 unspecified atom stereocenters. The SMILES string of the molecule is Cn1cnc(CNC(=O)c2ccc(CNS(=O)(=O)c3ccc(F)c(Cl)c3)nc2)c1. The van der Waals surface area contributed by atoms with Crippen LogP contribution in [-0.2, 0) is 30.2 Å². The van der Waals surface area contributed by atoms with Crippen LogP contribution in [0.15, 0.2) is 53.9 Å². The molecular weight excluding hydrogens is 421 g/mol. The molecule has 0 fully saturated rings. The number of aryl methyl sites for hydroxylation is 1. The summed E-state index contributed by atoms with van der Waals surface area (Å²) in [6.07, 6.45) is 4.78. The second kappa shape index (κ2) is 8.68. The van der Waals surface area contributed by atoms with Crippen LogP contribution in [-0.4, -0.2) is 28.9 Å². The molecule has 2 N–H and O–H groups in total. The van der Waals surface area contributed by atoms with Crippen LogP contribution >= 0.6 is 11.6 Å². The number of carbonyl (C=O) groups excluding carboxylic acids is 1. The van der Waals surface area contributed by atoms with Crippen molar-refractivity contribution in [1.29, 1.82) is 0 Å². The number of nitrogens with zero attached hydrogens (tertiary/aromatic N) is 3. The van der Waals surface area contributed by atoms with E-state index in [9.17, 15) is 17.6 Å². The van der Waals surface area contributed by atoms with E-state index in [1.54, 1.807) is 23.2 Å². The summed E-state index contributed by atoms with van der Waals surface area (Å²) in [7, 11) is -2.06. The number of pyridine rings is 1. The minimum atomic E-state index is -3.89. The zero-order valence-corrected chi connectivity index (χ0v) is 16.8. The van der Waals surface area contributed by atoms with Crippen molar-refractivity contribution in [3.05, 3.63) is 76.8 Å². The molecule has 0 bridgehead atoms. The second-order valence-corrected chi connectivity index (χ2v) is 8.33. The topological polar surface area (TPSA) is 106 Å². The molecule has 2 heterocycles. The number of hydrogen-bond donors (Lipinski definition) is 2. The van der Waals surface area contributed by atoms with Crippen molar-refractivity contribution in [1.82, 2.24) is 24.6 Å². The number of carbonyl (C=O) groups is 1. The van der Waals surface area contributed by atoms with Crippen molar-refractivity contribution >= 4 is 27.5 Å². The van der Waals surface area contributed by atoms with Crippen LogP contribution in [0.4, 0.5) is 4.39 Å². The van der Waals surface area contributed by atoms with E-state index in [-0.39, 0.29) is 28.9 Å². The average Bonchev–Trinajstić information content (AvgIpc) is 3.12. The minimum absolute atomic E-state index is 0.104. The van der Waals surface area contributed by atoms with Gasteiger partial charge in [-0.05, 0) is 30.3 Å². The van der Waals surface area contributed by atoms with Gasteiger partial charge in [0.2, 0.25) is 10.0 Å². The number of rotatable bonds is 7. The van der Waals surface area contributed by atoms with Gasteiger partial charge in [-0.15, -0.1) is 0 Å². The Bertz CT molecular complexity index is 1130. The van der Waals surface area contributed by atoms with E-state index in [0.717, 1.165) is 23.9 Å². The fourth-order valence-corrected chi connectivity index (χ4v) is 3.66. The van der Waals surface area contributed by atoms with Gasteiger partial charge < -0.3 is 9.88 Å². The molecule has 152 valence electrons. The van der Waals surface area contributed by atoms with Crippen molar-refractivity contribution in [3.63, 3.8) is 0 Å². The Hall–Kier alpha value is -2.82. The molecule has 0 atom stereocenters. The highest BCUT2D eigenvalue weighted by atomic mass is 35.5. The zero-order valence-electron chi connectivity index (χ0n) is 15.3. The summed E-state index contributed by atoms with van der Waals surface area (Å²) >= 11 is 5.63. The third-order valence-electron chi connectivity index (χ3n) is 3.92. The molecule has 1 aromatic carbocycles. The van der Waals surface area contributed by atoms with Gasteiger partial charge in [0, 0.05) is 19.4 Å². The van der Waals surface area contributed by atoms with E-state index < -0.39 is 15.8 Å². The van der Waals surface area contributed by atoms with Gasteiger partial charge in [0.25, 0.3) is 5.91 Å². The van der Waals surface area contributed by atoms with E-state index in [0.29, 0.717) is 11.3 Å². The fourth-order valence-electron chi connectivity index (χ4n) is 2.39. The van der Waals surface area contributed by atoms with Crippen LogP contribution in [0, 0.1) is 5.82 Å². The lowest BCUT2D eigenvalue weighted by Gasteiger charge is -2.08. The first kappa shape index (κ1) is 20.9. The highest BCUT2D eigenvalue weighted by Gasteiger charge is 2.16. The first-order chi connectivity index (χ1) is 13.7. The van der Waals surface area contributed by atoms with Crippen molar-refractivity contribution in [2.45, 2.75) is 18.0 Å². The quantitative estimate of drug-likeness (QED) is 0.588. The highest BCUT2D eigenvalue weighted by Crippen LogP contribution is 2.19. The molecule has 0 spiro atoms. The number of amides is 1. The predicted octanol–water partition coefficient (Wildman–Crippen LogP) is 2.02. The molecule has 29 heavy (non-hydrogen) atoms. The van der Waals surface area contributed by atoms with Gasteiger partial charge >= 0.3 is 0 Å². The lowest BCUT2D eigenvalue weighted by molar-refractivity contribution is 0.0950. The van der Waals surface area contributed by atoms with Gasteiger partial charge in [-0.25, -0.2) is 22.5 Å². The summed E-state index contributed by atoms with van der Waals surface area (Å²) in [6.45, 7) is 0.175. The number of aromatic nitrogens is 3. The normalized spacial score (nSPS) is 11.4. The monoisotopic (exact) mass is 437 g/mol. The third kappa shape index (κ3) is 5.37. The van der Waals surface area contributed by atoms with Crippen LogP contribution in [0.3, 0.4) is 0 Å². The molecule has 11 heteroatoms. The summed E-state index contributed by atoms with van der Waals surface area (Å²) in [5, 5.41) is 2.44. The minimum Gasteiger partial charge on any atom is -0.346 e. The van der Waals surface area contributed by atoms with Gasteiger partial charge in [0.05, 0.1) is 46.3 Å². The molecule has 3 aromatic rings. The Labute approximate surface area is 171 Å². The lowest BCUT2D eigenvalue weighted by Crippen LogP contribution is -2.25. The molecule has 8 nitrogen and oxygen atoms in total. The summed E-state index contributed by atoms with van der Waals surface area (Å²) < 4.78 is 41.9. The van der Waals surface area contributed by atoms with Gasteiger partial charge in [0.15, 0.2) is 0 Å². The standard InChI is InChI=1S/C18H17ClFN5O3S/c1-25-10-14(23-11-25)8-22-18(26)12-2-3-13(21-7-12)9-24-29(27,28)15-4-5-17(20)16(19)6-15/h2-7,10-11,24H,8-9H2,1H3,(H,22,26). The van der Waals surface area contributed by atoms with Crippen LogP contribution in [0.1, 0.15) is 21.7 Å². The van der Waals surface area contributed by atoms with E-state index >= 15 is 0 Å². The van der Waals surface area contributed by atoms with Crippen LogP contribution in [0.5, 0.6) is 0 Å². The predicted molar refractivity (Wildman–Crippen MR) is 104 cm³/mol. The maximum absolute atomic E-state index is 13.2. The molecule has 3 rings (SSSR count). The Morgan fingerprint density at radius 3 is 2.59 bits per heavy atom. The van der Waals surface area contributed by atoms with Gasteiger partial charge in [-0.2, -0.15) is 0 Å². The summed E-state index contributed by atoms with van der Waals surface area (Å²) in [5.74, 6) is -1.03. The van der Waals surface area contributed by atoms with Gasteiger partial charge in [0.1, 0.15) is 5.82 Å².